The van der Waals surface area contributed by atoms with Crippen molar-refractivity contribution in [1.82, 2.24) is 0 Å². The summed E-state index contributed by atoms with van der Waals surface area (Å²) < 4.78 is 10.6. The highest BCUT2D eigenvalue weighted by molar-refractivity contribution is 9.09. The molecule has 182 valence electrons. The number of fused-ring (bicyclic) bond motifs is 3. The molecule has 0 saturated carbocycles. The minimum Gasteiger partial charge on any atom is -0.462 e. The number of anilines is 1. The molecule has 5 nitrogen and oxygen atoms in total. The van der Waals surface area contributed by atoms with E-state index in [0.717, 1.165) is 52.7 Å². The molecule has 3 aromatic carbocycles. The number of carbonyl (C=O) groups excluding carboxylic acids is 2. The third-order valence-electron chi connectivity index (χ3n) is 6.18. The van der Waals surface area contributed by atoms with Crippen LogP contribution in [0.15, 0.2) is 66.7 Å². The quantitative estimate of drug-likeness (QED) is 0.171. The maximum atomic E-state index is 12.6. The summed E-state index contributed by atoms with van der Waals surface area (Å²) in [6.07, 6.45) is 2.01. The van der Waals surface area contributed by atoms with Gasteiger partial charge in [-0.2, -0.15) is 0 Å². The Bertz CT molecular complexity index is 1190. The van der Waals surface area contributed by atoms with Crippen molar-refractivity contribution in [2.75, 3.05) is 30.0 Å². The van der Waals surface area contributed by atoms with E-state index < -0.39 is 0 Å². The summed E-state index contributed by atoms with van der Waals surface area (Å²) in [6.45, 7) is 5.08. The van der Waals surface area contributed by atoms with Crippen LogP contribution in [0.2, 0.25) is 0 Å². The first-order valence-electron chi connectivity index (χ1n) is 12.1. The molecule has 1 unspecified atom stereocenters. The average molecular weight is 536 g/mol. The third kappa shape index (κ3) is 5.27. The number of carbonyl (C=O) groups is 2. The van der Waals surface area contributed by atoms with Crippen molar-refractivity contribution in [2.45, 2.75) is 32.7 Å². The summed E-state index contributed by atoms with van der Waals surface area (Å²) in [5.41, 5.74) is 6.34. The fraction of sp³-hybridized carbons (Fsp3) is 0.310. The van der Waals surface area contributed by atoms with Crippen molar-refractivity contribution in [3.8, 4) is 11.1 Å². The Morgan fingerprint density at radius 1 is 0.829 bits per heavy atom. The minimum absolute atomic E-state index is 0.110. The third-order valence-corrected chi connectivity index (χ3v) is 6.74. The molecule has 4 rings (SSSR count). The van der Waals surface area contributed by atoms with E-state index in [4.69, 9.17) is 9.47 Å². The summed E-state index contributed by atoms with van der Waals surface area (Å²) in [5, 5.41) is 0.927. The van der Waals surface area contributed by atoms with Crippen LogP contribution in [0.1, 0.15) is 64.6 Å². The highest BCUT2D eigenvalue weighted by Crippen LogP contribution is 2.48. The molecule has 1 aliphatic heterocycles. The SMILES string of the molecule is CCOC(=O)c1ccc2c(c1)C(c1ccccc1)N(CCCCBr)c1cc(C(=O)OCC)ccc1-2. The number of rotatable bonds is 9. The van der Waals surface area contributed by atoms with Crippen LogP contribution in [0.5, 0.6) is 0 Å². The predicted molar refractivity (Wildman–Crippen MR) is 142 cm³/mol. The van der Waals surface area contributed by atoms with Gasteiger partial charge >= 0.3 is 11.9 Å². The first-order valence-corrected chi connectivity index (χ1v) is 13.2. The molecule has 1 heterocycles. The van der Waals surface area contributed by atoms with E-state index in [9.17, 15) is 9.59 Å². The van der Waals surface area contributed by atoms with Gasteiger partial charge in [-0.3, -0.25) is 0 Å². The number of benzene rings is 3. The molecular formula is C29H30BrNO4. The maximum Gasteiger partial charge on any atom is 0.338 e. The van der Waals surface area contributed by atoms with Gasteiger partial charge in [-0.15, -0.1) is 0 Å². The molecule has 0 bridgehead atoms. The van der Waals surface area contributed by atoms with E-state index in [2.05, 4.69) is 33.0 Å². The number of halogens is 1. The van der Waals surface area contributed by atoms with Crippen molar-refractivity contribution in [2.24, 2.45) is 0 Å². The largest absolute Gasteiger partial charge is 0.462 e. The van der Waals surface area contributed by atoms with Crippen LogP contribution in [0, 0.1) is 0 Å². The number of unbranched alkanes of at least 4 members (excludes halogenated alkanes) is 1. The fourth-order valence-corrected chi connectivity index (χ4v) is 5.04. The number of ether oxygens (including phenoxy) is 2. The normalized spacial score (nSPS) is 14.1. The predicted octanol–water partition coefficient (Wildman–Crippen LogP) is 6.79. The Kier molecular flexibility index (Phi) is 8.24. The van der Waals surface area contributed by atoms with Crippen LogP contribution >= 0.6 is 15.9 Å². The van der Waals surface area contributed by atoms with E-state index in [1.807, 2.05) is 68.4 Å². The Labute approximate surface area is 215 Å². The Morgan fingerprint density at radius 2 is 1.46 bits per heavy atom. The molecule has 0 radical (unpaired) electrons. The first-order chi connectivity index (χ1) is 17.1. The van der Waals surface area contributed by atoms with E-state index in [-0.39, 0.29) is 18.0 Å². The monoisotopic (exact) mass is 535 g/mol. The molecule has 35 heavy (non-hydrogen) atoms. The average Bonchev–Trinajstić information content (AvgIpc) is 2.89. The molecule has 1 aliphatic rings. The van der Waals surface area contributed by atoms with Gasteiger partial charge in [0, 0.05) is 23.1 Å². The highest BCUT2D eigenvalue weighted by atomic mass is 79.9. The van der Waals surface area contributed by atoms with Crippen LogP contribution in [0.4, 0.5) is 5.69 Å². The van der Waals surface area contributed by atoms with Gasteiger partial charge in [0.1, 0.15) is 0 Å². The van der Waals surface area contributed by atoms with Gasteiger partial charge in [-0.1, -0.05) is 58.4 Å². The van der Waals surface area contributed by atoms with Crippen LogP contribution in [0.25, 0.3) is 11.1 Å². The van der Waals surface area contributed by atoms with Crippen LogP contribution in [-0.2, 0) is 9.47 Å². The molecule has 1 atom stereocenters. The van der Waals surface area contributed by atoms with Gasteiger partial charge in [-0.25, -0.2) is 9.59 Å². The van der Waals surface area contributed by atoms with Crippen LogP contribution < -0.4 is 4.90 Å². The van der Waals surface area contributed by atoms with Gasteiger partial charge in [0.05, 0.1) is 30.4 Å². The van der Waals surface area contributed by atoms with Crippen LogP contribution in [0.3, 0.4) is 0 Å². The Balaban J connectivity index is 1.92. The van der Waals surface area contributed by atoms with Crippen molar-refractivity contribution in [3.05, 3.63) is 89.0 Å². The lowest BCUT2D eigenvalue weighted by molar-refractivity contribution is 0.0516. The maximum absolute atomic E-state index is 12.6. The molecular weight excluding hydrogens is 506 g/mol. The molecule has 0 spiro atoms. The van der Waals surface area contributed by atoms with Crippen molar-refractivity contribution < 1.29 is 19.1 Å². The van der Waals surface area contributed by atoms with Gasteiger partial charge < -0.3 is 14.4 Å². The molecule has 0 amide bonds. The van der Waals surface area contributed by atoms with E-state index in [1.165, 1.54) is 0 Å². The van der Waals surface area contributed by atoms with Crippen molar-refractivity contribution in [3.63, 3.8) is 0 Å². The summed E-state index contributed by atoms with van der Waals surface area (Å²) >= 11 is 3.55. The molecule has 0 N–H and O–H groups in total. The molecule has 3 aromatic rings. The molecule has 0 aliphatic carbocycles. The lowest BCUT2D eigenvalue weighted by Crippen LogP contribution is -2.34. The molecule has 0 aromatic heterocycles. The molecule has 6 heteroatoms. The number of hydrogen-bond donors (Lipinski definition) is 0. The second kappa shape index (κ2) is 11.5. The van der Waals surface area contributed by atoms with Gasteiger partial charge in [0.15, 0.2) is 0 Å². The summed E-state index contributed by atoms with van der Waals surface area (Å²) in [5.74, 6) is -0.646. The van der Waals surface area contributed by atoms with Gasteiger partial charge in [0.2, 0.25) is 0 Å². The number of alkyl halides is 1. The smallest absolute Gasteiger partial charge is 0.338 e. The first kappa shape index (κ1) is 25.0. The van der Waals surface area contributed by atoms with Crippen molar-refractivity contribution >= 4 is 33.6 Å². The topological polar surface area (TPSA) is 55.8 Å². The number of hydrogen-bond acceptors (Lipinski definition) is 5. The lowest BCUT2D eigenvalue weighted by Gasteiger charge is -2.41. The molecule has 0 saturated heterocycles. The summed E-state index contributed by atoms with van der Waals surface area (Å²) in [7, 11) is 0. The zero-order valence-corrected chi connectivity index (χ0v) is 21.7. The van der Waals surface area contributed by atoms with Crippen LogP contribution in [-0.4, -0.2) is 37.0 Å². The summed E-state index contributed by atoms with van der Waals surface area (Å²) in [4.78, 5) is 27.5. The molecule has 0 fully saturated rings. The minimum atomic E-state index is -0.324. The number of esters is 2. The lowest BCUT2D eigenvalue weighted by atomic mass is 9.83. The van der Waals surface area contributed by atoms with E-state index in [0.29, 0.717) is 24.3 Å². The second-order valence-corrected chi connectivity index (χ2v) is 9.17. The fourth-order valence-electron chi connectivity index (χ4n) is 4.64. The van der Waals surface area contributed by atoms with Gasteiger partial charge in [0.25, 0.3) is 0 Å². The second-order valence-electron chi connectivity index (χ2n) is 8.38. The zero-order valence-electron chi connectivity index (χ0n) is 20.1. The Hall–Kier alpha value is -3.12. The van der Waals surface area contributed by atoms with E-state index >= 15 is 0 Å². The zero-order chi connectivity index (χ0) is 24.8. The van der Waals surface area contributed by atoms with Crippen molar-refractivity contribution in [1.29, 1.82) is 0 Å². The summed E-state index contributed by atoms with van der Waals surface area (Å²) in [6, 6.07) is 21.7. The standard InChI is InChI=1S/C29H30BrNO4/c1-3-34-28(32)21-12-14-23-24-15-13-22(29(33)35-4-2)19-26(24)31(17-9-8-16-30)27(25(23)18-21)20-10-6-5-7-11-20/h5-7,10-15,18-19,27H,3-4,8-9,16-17H2,1-2H3. The van der Waals surface area contributed by atoms with E-state index in [1.54, 1.807) is 0 Å². The highest BCUT2D eigenvalue weighted by Gasteiger charge is 2.33. The van der Waals surface area contributed by atoms with Gasteiger partial charge in [-0.05, 0) is 67.6 Å². The Morgan fingerprint density at radius 3 is 2.09 bits per heavy atom. The number of nitrogens with zero attached hydrogens (tertiary/aromatic N) is 1.